The van der Waals surface area contributed by atoms with E-state index in [9.17, 15) is 4.79 Å². The van der Waals surface area contributed by atoms with E-state index in [1.807, 2.05) is 0 Å². The van der Waals surface area contributed by atoms with Gasteiger partial charge in [-0.15, -0.1) is 0 Å². The topological polar surface area (TPSA) is 76.7 Å². The molecule has 1 aromatic rings. The summed E-state index contributed by atoms with van der Waals surface area (Å²) < 4.78 is 1.34. The largest absolute Gasteiger partial charge is 0.392 e. The minimum absolute atomic E-state index is 0.272. The Balaban J connectivity index is 3.02. The lowest BCUT2D eigenvalue weighted by Crippen LogP contribution is -2.28. The summed E-state index contributed by atoms with van der Waals surface area (Å²) in [5.41, 5.74) is 5.03. The van der Waals surface area contributed by atoms with Crippen molar-refractivity contribution in [2.75, 3.05) is 0 Å². The Morgan fingerprint density at radius 3 is 3.00 bits per heavy atom. The van der Waals surface area contributed by atoms with E-state index in [-0.39, 0.29) is 16.7 Å². The predicted molar refractivity (Wildman–Crippen MR) is 44.3 cm³/mol. The number of H-pyrrole nitrogens is 1. The van der Waals surface area contributed by atoms with Crippen LogP contribution in [0.1, 0.15) is 13.0 Å². The van der Waals surface area contributed by atoms with Crippen molar-refractivity contribution >= 4 is 17.2 Å². The van der Waals surface area contributed by atoms with Crippen LogP contribution in [0, 0.1) is 0 Å². The number of hydrogen-bond acceptors (Lipinski definition) is 3. The van der Waals surface area contributed by atoms with Gasteiger partial charge in [-0.1, -0.05) is 12.2 Å². The van der Waals surface area contributed by atoms with Crippen molar-refractivity contribution in [3.05, 3.63) is 16.8 Å². The fourth-order valence-electron chi connectivity index (χ4n) is 0.669. The normalized spacial score (nSPS) is 12.8. The van der Waals surface area contributed by atoms with Gasteiger partial charge in [0, 0.05) is 0 Å². The van der Waals surface area contributed by atoms with Crippen LogP contribution in [0.15, 0.2) is 11.1 Å². The summed E-state index contributed by atoms with van der Waals surface area (Å²) in [6.45, 7) is 1.74. The lowest BCUT2D eigenvalue weighted by atomic mass is 10.3. The van der Waals surface area contributed by atoms with Crippen LogP contribution in [0.3, 0.4) is 0 Å². The number of aromatic amines is 1. The third kappa shape index (κ3) is 1.45. The molecule has 6 heteroatoms. The smallest absolute Gasteiger partial charge is 0.343 e. The van der Waals surface area contributed by atoms with Gasteiger partial charge in [-0.25, -0.2) is 9.89 Å². The van der Waals surface area contributed by atoms with E-state index in [2.05, 4.69) is 10.2 Å². The Morgan fingerprint density at radius 2 is 2.64 bits per heavy atom. The highest BCUT2D eigenvalue weighted by molar-refractivity contribution is 7.80. The molecule has 1 rings (SSSR count). The molecule has 0 radical (unpaired) electrons. The van der Waals surface area contributed by atoms with Gasteiger partial charge >= 0.3 is 5.69 Å². The molecule has 1 unspecified atom stereocenters. The van der Waals surface area contributed by atoms with Crippen molar-refractivity contribution in [2.45, 2.75) is 13.0 Å². The Morgan fingerprint density at radius 1 is 2.00 bits per heavy atom. The van der Waals surface area contributed by atoms with Crippen LogP contribution in [0.2, 0.25) is 0 Å². The van der Waals surface area contributed by atoms with E-state index in [4.69, 9.17) is 18.0 Å². The molecule has 0 spiro atoms. The first-order valence-electron chi connectivity index (χ1n) is 3.03. The first-order valence-corrected chi connectivity index (χ1v) is 3.44. The standard InChI is InChI=1S/C5H8N4OS/c1-3(4(6)11)9-2-7-8-5(9)10/h2-3H,1H3,(H2,6,11)(H,8,10). The van der Waals surface area contributed by atoms with Gasteiger partial charge in [0.25, 0.3) is 0 Å². The molecular weight excluding hydrogens is 164 g/mol. The van der Waals surface area contributed by atoms with Crippen LogP contribution in [0.5, 0.6) is 0 Å². The molecule has 0 fully saturated rings. The molecular formula is C5H8N4OS. The highest BCUT2D eigenvalue weighted by atomic mass is 32.1. The summed E-state index contributed by atoms with van der Waals surface area (Å²) in [6, 6.07) is -0.281. The zero-order valence-electron chi connectivity index (χ0n) is 5.94. The quantitative estimate of drug-likeness (QED) is 0.585. The average molecular weight is 172 g/mol. The Labute approximate surface area is 68.2 Å². The lowest BCUT2D eigenvalue weighted by Gasteiger charge is -2.07. The number of nitrogens with zero attached hydrogens (tertiary/aromatic N) is 2. The van der Waals surface area contributed by atoms with Crippen molar-refractivity contribution in [3.63, 3.8) is 0 Å². The lowest BCUT2D eigenvalue weighted by molar-refractivity contribution is 0.670. The zero-order chi connectivity index (χ0) is 8.43. The molecule has 1 aromatic heterocycles. The Hall–Kier alpha value is -1.17. The second-order valence-corrected chi connectivity index (χ2v) is 2.62. The summed E-state index contributed by atoms with van der Waals surface area (Å²) in [5.74, 6) is 0. The van der Waals surface area contributed by atoms with Crippen LogP contribution in [-0.4, -0.2) is 19.8 Å². The molecule has 60 valence electrons. The van der Waals surface area contributed by atoms with Gasteiger partial charge in [0.1, 0.15) is 6.33 Å². The predicted octanol–water partition coefficient (Wildman–Crippen LogP) is -0.582. The highest BCUT2D eigenvalue weighted by Crippen LogP contribution is 1.98. The maximum Gasteiger partial charge on any atom is 0.343 e. The first kappa shape index (κ1) is 7.93. The number of nitrogens with one attached hydrogen (secondary N) is 1. The molecule has 0 aliphatic heterocycles. The van der Waals surface area contributed by atoms with Gasteiger partial charge in [0.2, 0.25) is 0 Å². The summed E-state index contributed by atoms with van der Waals surface area (Å²) >= 11 is 4.70. The van der Waals surface area contributed by atoms with E-state index in [1.54, 1.807) is 6.92 Å². The van der Waals surface area contributed by atoms with Crippen LogP contribution >= 0.6 is 12.2 Å². The molecule has 5 nitrogen and oxygen atoms in total. The minimum atomic E-state index is -0.301. The molecule has 0 bridgehead atoms. The maximum absolute atomic E-state index is 10.9. The molecule has 0 aliphatic carbocycles. The number of hydrogen-bond donors (Lipinski definition) is 2. The minimum Gasteiger partial charge on any atom is -0.392 e. The van der Waals surface area contributed by atoms with Gasteiger partial charge in [0.15, 0.2) is 0 Å². The summed E-state index contributed by atoms with van der Waals surface area (Å²) in [5, 5.41) is 5.78. The molecule has 1 atom stereocenters. The SMILES string of the molecule is CC(C(N)=S)n1cn[nH]c1=O. The molecule has 0 aliphatic rings. The van der Waals surface area contributed by atoms with Crippen LogP contribution in [-0.2, 0) is 0 Å². The molecule has 3 N–H and O–H groups in total. The number of thiocarbonyl (C=S) groups is 1. The average Bonchev–Trinajstić information content (AvgIpc) is 2.33. The summed E-state index contributed by atoms with van der Waals surface area (Å²) in [4.78, 5) is 11.2. The number of rotatable bonds is 2. The molecule has 0 aromatic carbocycles. The fourth-order valence-corrected chi connectivity index (χ4v) is 0.783. The van der Waals surface area contributed by atoms with Crippen molar-refractivity contribution in [1.29, 1.82) is 0 Å². The van der Waals surface area contributed by atoms with E-state index in [0.29, 0.717) is 0 Å². The number of aromatic nitrogens is 3. The molecule has 0 saturated carbocycles. The molecule has 0 saturated heterocycles. The van der Waals surface area contributed by atoms with E-state index in [1.165, 1.54) is 10.9 Å². The van der Waals surface area contributed by atoms with Gasteiger partial charge < -0.3 is 5.73 Å². The summed E-state index contributed by atoms with van der Waals surface area (Å²) in [6.07, 6.45) is 1.37. The molecule has 0 amide bonds. The Bertz CT molecular complexity index is 314. The van der Waals surface area contributed by atoms with E-state index < -0.39 is 0 Å². The van der Waals surface area contributed by atoms with Crippen LogP contribution < -0.4 is 11.4 Å². The fraction of sp³-hybridized carbons (Fsp3) is 0.400. The zero-order valence-corrected chi connectivity index (χ0v) is 6.76. The molecule has 11 heavy (non-hydrogen) atoms. The first-order chi connectivity index (χ1) is 5.13. The molecule has 1 heterocycles. The third-order valence-corrected chi connectivity index (χ3v) is 1.75. The maximum atomic E-state index is 10.9. The second kappa shape index (κ2) is 2.83. The van der Waals surface area contributed by atoms with Gasteiger partial charge in [-0.05, 0) is 6.92 Å². The van der Waals surface area contributed by atoms with Gasteiger partial charge in [0.05, 0.1) is 11.0 Å². The van der Waals surface area contributed by atoms with Gasteiger partial charge in [-0.2, -0.15) is 5.10 Å². The van der Waals surface area contributed by atoms with Crippen molar-refractivity contribution < 1.29 is 0 Å². The Kier molecular flexibility index (Phi) is 2.04. The van der Waals surface area contributed by atoms with Crippen LogP contribution in [0.4, 0.5) is 0 Å². The highest BCUT2D eigenvalue weighted by Gasteiger charge is 2.08. The van der Waals surface area contributed by atoms with Crippen molar-refractivity contribution in [3.8, 4) is 0 Å². The number of nitrogens with two attached hydrogens (primary N) is 1. The monoisotopic (exact) mass is 172 g/mol. The van der Waals surface area contributed by atoms with Gasteiger partial charge in [-0.3, -0.25) is 4.57 Å². The van der Waals surface area contributed by atoms with E-state index in [0.717, 1.165) is 0 Å². The third-order valence-electron chi connectivity index (χ3n) is 1.41. The van der Waals surface area contributed by atoms with Crippen LogP contribution in [0.25, 0.3) is 0 Å². The van der Waals surface area contributed by atoms with E-state index >= 15 is 0 Å². The van der Waals surface area contributed by atoms with Crippen molar-refractivity contribution in [2.24, 2.45) is 5.73 Å². The second-order valence-electron chi connectivity index (χ2n) is 2.15. The van der Waals surface area contributed by atoms with Crippen molar-refractivity contribution in [1.82, 2.24) is 14.8 Å². The summed E-state index contributed by atoms with van der Waals surface area (Å²) in [7, 11) is 0.